The molecule has 1 aromatic heterocycles. The molecule has 12 aromatic rings. The summed E-state index contributed by atoms with van der Waals surface area (Å²) in [6.07, 6.45) is 0. The van der Waals surface area contributed by atoms with E-state index < -0.39 is 20.6 Å². The van der Waals surface area contributed by atoms with Gasteiger partial charge in [0.25, 0.3) is 0 Å². The molecule has 0 fully saturated rings. The average molecular weight is 899 g/mol. The summed E-state index contributed by atoms with van der Waals surface area (Å²) in [5, 5.41) is 2.31. The lowest BCUT2D eigenvalue weighted by atomic mass is 9.78. The summed E-state index contributed by atoms with van der Waals surface area (Å²) < 4.78 is 85.3. The number of fused-ring (bicyclic) bond motifs is 19. The van der Waals surface area contributed by atoms with Gasteiger partial charge in [-0.1, -0.05) is 194 Å². The third-order valence-corrected chi connectivity index (χ3v) is 14.7. The predicted molar refractivity (Wildman–Crippen MR) is 296 cm³/mol. The number of hydrogen-bond donors (Lipinski definition) is 0. The Labute approximate surface area is 421 Å². The van der Waals surface area contributed by atoms with E-state index >= 15 is 0 Å². The number of rotatable bonds is 3. The molecule has 0 saturated carbocycles. The molecule has 11 aromatic carbocycles. The Bertz CT molecular complexity index is 4450. The summed E-state index contributed by atoms with van der Waals surface area (Å²) in [4.78, 5) is 0. The molecule has 0 radical (unpaired) electrons. The van der Waals surface area contributed by atoms with Crippen molar-refractivity contribution in [2.75, 3.05) is 0 Å². The normalized spacial score (nSPS) is 14.4. The van der Waals surface area contributed by atoms with E-state index in [1.165, 1.54) is 6.07 Å². The van der Waals surface area contributed by atoms with Gasteiger partial charge < -0.3 is 4.57 Å². The zero-order valence-corrected chi connectivity index (χ0v) is 37.9. The van der Waals surface area contributed by atoms with Crippen LogP contribution in [0.4, 0.5) is 0 Å². The molecule has 328 valence electrons. The second-order valence-electron chi connectivity index (χ2n) is 18.4. The highest BCUT2D eigenvalue weighted by Gasteiger charge is 2.26. The summed E-state index contributed by atoms with van der Waals surface area (Å²) in [5.41, 5.74) is 17.7. The van der Waals surface area contributed by atoms with Gasteiger partial charge in [-0.3, -0.25) is 0 Å². The molecule has 2 aliphatic rings. The Balaban J connectivity index is 1.05. The maximum absolute atomic E-state index is 9.49. The van der Waals surface area contributed by atoms with Crippen molar-refractivity contribution in [2.24, 2.45) is 0 Å². The van der Waals surface area contributed by atoms with E-state index in [1.54, 1.807) is 6.07 Å². The molecular weight excluding hydrogens is 843 g/mol. The average Bonchev–Trinajstić information content (AvgIpc) is 3.57. The van der Waals surface area contributed by atoms with Crippen molar-refractivity contribution in [1.82, 2.24) is 4.57 Å². The SMILES string of the molecule is [2H]C([2H])([2H])c1cc(C([2H])([2H])[2H])c(-c2ccc3c(c2)-c2ccccc2-c2ccccc2-c2cc(-n4c5ccccc5c5ccccc54)ccc2-3)c(C([2H])([2H])[2H])c1-c1ccc2c(c1)-c1ccccc1-c1ccccc1-c1ccccc1-2. The number of hydrogen-bond acceptors (Lipinski definition) is 0. The largest absolute Gasteiger partial charge is 0.309 e. The molecule has 0 bridgehead atoms. The molecule has 1 heteroatoms. The smallest absolute Gasteiger partial charge is 0.0541 e. The Morgan fingerprint density at radius 2 is 0.586 bits per heavy atom. The zero-order chi connectivity index (χ0) is 54.1. The fraction of sp³-hybridized carbons (Fsp3) is 0.0435. The highest BCUT2D eigenvalue weighted by atomic mass is 15.0. The van der Waals surface area contributed by atoms with Crippen LogP contribution < -0.4 is 0 Å². The van der Waals surface area contributed by atoms with Crippen LogP contribution in [-0.2, 0) is 0 Å². The highest BCUT2D eigenvalue weighted by molar-refractivity contribution is 6.10. The maximum atomic E-state index is 9.49. The fourth-order valence-corrected chi connectivity index (χ4v) is 11.7. The molecule has 0 aliphatic heterocycles. The highest BCUT2D eigenvalue weighted by Crippen LogP contribution is 2.52. The minimum absolute atomic E-state index is 0.0389. The van der Waals surface area contributed by atoms with Gasteiger partial charge in [0.1, 0.15) is 0 Å². The summed E-state index contributed by atoms with van der Waals surface area (Å²) in [6, 6.07) is 77.0. The van der Waals surface area contributed by atoms with Gasteiger partial charge in [-0.15, -0.1) is 0 Å². The number of benzene rings is 11. The summed E-state index contributed by atoms with van der Waals surface area (Å²) >= 11 is 0. The zero-order valence-electron chi connectivity index (χ0n) is 46.9. The molecule has 0 unspecified atom stereocenters. The number of nitrogens with zero attached hydrogens (tertiary/aromatic N) is 1. The maximum Gasteiger partial charge on any atom is 0.0541 e. The van der Waals surface area contributed by atoms with Gasteiger partial charge in [-0.2, -0.15) is 0 Å². The van der Waals surface area contributed by atoms with Crippen LogP contribution in [0, 0.1) is 20.6 Å². The first-order valence-corrected chi connectivity index (χ1v) is 23.8. The first-order valence-electron chi connectivity index (χ1n) is 28.3. The van der Waals surface area contributed by atoms with Crippen molar-refractivity contribution >= 4 is 21.8 Å². The van der Waals surface area contributed by atoms with Crippen molar-refractivity contribution < 1.29 is 12.3 Å². The van der Waals surface area contributed by atoms with Crippen molar-refractivity contribution in [3.8, 4) is 117 Å². The molecule has 0 saturated heterocycles. The van der Waals surface area contributed by atoms with Crippen LogP contribution in [0.5, 0.6) is 0 Å². The topological polar surface area (TPSA) is 4.93 Å². The Hall–Kier alpha value is -8.78. The summed E-state index contributed by atoms with van der Waals surface area (Å²) in [5.74, 6) is 0. The molecule has 2 aliphatic carbocycles. The second-order valence-corrected chi connectivity index (χ2v) is 18.4. The van der Waals surface area contributed by atoms with Crippen molar-refractivity contribution in [3.63, 3.8) is 0 Å². The summed E-state index contributed by atoms with van der Waals surface area (Å²) in [6.45, 7) is -8.88. The predicted octanol–water partition coefficient (Wildman–Crippen LogP) is 19.0. The van der Waals surface area contributed by atoms with Crippen LogP contribution >= 0.6 is 0 Å². The molecule has 1 nitrogen and oxygen atoms in total. The van der Waals surface area contributed by atoms with Gasteiger partial charge in [-0.05, 0) is 185 Å². The standard InChI is InChI=1S/C69H47N/c1-42-38-43(2)69(44(3)68(42)45-32-35-58-54-24-7-6-20-50(54)48-18-4-5-19-49(48)51-21-8-11-25-55(51)63(58)39-45)46-33-36-59-60-37-34-47(70-66-30-16-14-28-61(66)62-29-15-17-31-67(62)70)41-65(60)57-27-13-10-23-53(57)52-22-9-12-26-56(52)64(59)40-46/h4-41H,1-3H3/i1D3,2D3,3D3. The Morgan fingerprint density at radius 1 is 0.271 bits per heavy atom. The monoisotopic (exact) mass is 898 g/mol. The second kappa shape index (κ2) is 15.6. The molecule has 0 N–H and O–H groups in total. The molecule has 0 spiro atoms. The van der Waals surface area contributed by atoms with Crippen LogP contribution in [-0.4, -0.2) is 4.57 Å². The molecule has 0 amide bonds. The Morgan fingerprint density at radius 3 is 0.957 bits per heavy atom. The van der Waals surface area contributed by atoms with Gasteiger partial charge in [-0.25, -0.2) is 0 Å². The summed E-state index contributed by atoms with van der Waals surface area (Å²) in [7, 11) is 0. The van der Waals surface area contributed by atoms with Crippen molar-refractivity contribution in [3.05, 3.63) is 247 Å². The van der Waals surface area contributed by atoms with Crippen molar-refractivity contribution in [2.45, 2.75) is 20.6 Å². The molecule has 0 atom stereocenters. The number of para-hydroxylation sites is 2. The van der Waals surface area contributed by atoms with E-state index in [9.17, 15) is 4.11 Å². The minimum Gasteiger partial charge on any atom is -0.309 e. The van der Waals surface area contributed by atoms with Crippen LogP contribution in [0.15, 0.2) is 231 Å². The molecule has 1 heterocycles. The molecular formula is C69H47N. The lowest BCUT2D eigenvalue weighted by molar-refractivity contribution is 1.18. The van der Waals surface area contributed by atoms with Gasteiger partial charge in [0.05, 0.1) is 11.0 Å². The van der Waals surface area contributed by atoms with E-state index in [1.807, 2.05) is 91.0 Å². The molecule has 14 rings (SSSR count). The minimum atomic E-state index is -3.02. The number of aryl methyl sites for hydroxylation is 2. The molecule has 70 heavy (non-hydrogen) atoms. The fourth-order valence-electron chi connectivity index (χ4n) is 11.7. The van der Waals surface area contributed by atoms with E-state index in [0.717, 1.165) is 117 Å². The van der Waals surface area contributed by atoms with Gasteiger partial charge >= 0.3 is 0 Å². The van der Waals surface area contributed by atoms with E-state index in [4.69, 9.17) is 8.22 Å². The van der Waals surface area contributed by atoms with Crippen LogP contribution in [0.3, 0.4) is 0 Å². The van der Waals surface area contributed by atoms with Crippen LogP contribution in [0.1, 0.15) is 29.0 Å². The third kappa shape index (κ3) is 5.98. The van der Waals surface area contributed by atoms with Crippen LogP contribution in [0.25, 0.3) is 139 Å². The third-order valence-electron chi connectivity index (χ3n) is 14.7. The Kier molecular flexibility index (Phi) is 7.16. The number of aromatic nitrogens is 1. The van der Waals surface area contributed by atoms with Gasteiger partial charge in [0.15, 0.2) is 0 Å². The van der Waals surface area contributed by atoms with E-state index in [-0.39, 0.29) is 27.8 Å². The quantitative estimate of drug-likeness (QED) is 0.167. The first kappa shape index (κ1) is 32.1. The van der Waals surface area contributed by atoms with Gasteiger partial charge in [0.2, 0.25) is 0 Å². The van der Waals surface area contributed by atoms with Crippen LogP contribution in [0.2, 0.25) is 0 Å². The van der Waals surface area contributed by atoms with Gasteiger partial charge in [0, 0.05) is 28.8 Å². The lowest BCUT2D eigenvalue weighted by Gasteiger charge is -2.26. The van der Waals surface area contributed by atoms with E-state index in [2.05, 4.69) is 132 Å². The lowest BCUT2D eigenvalue weighted by Crippen LogP contribution is -2.01. The first-order chi connectivity index (χ1) is 38.1. The van der Waals surface area contributed by atoms with E-state index in [0.29, 0.717) is 11.1 Å². The van der Waals surface area contributed by atoms with Crippen molar-refractivity contribution in [1.29, 1.82) is 0 Å².